The van der Waals surface area contributed by atoms with E-state index in [1.807, 2.05) is 0 Å². The molecule has 0 atom stereocenters. The summed E-state index contributed by atoms with van der Waals surface area (Å²) in [5, 5.41) is 15.2. The number of carbonyl (C=O) groups excluding carboxylic acids is 1. The number of nitrogens with one attached hydrogen (secondary N) is 2. The summed E-state index contributed by atoms with van der Waals surface area (Å²) < 4.78 is 5.11. The van der Waals surface area contributed by atoms with Crippen LogP contribution >= 0.6 is 0 Å². The van der Waals surface area contributed by atoms with Crippen LogP contribution in [-0.2, 0) is 0 Å². The molecule has 1 heterocycles. The number of amides is 1. The van der Waals surface area contributed by atoms with Crippen molar-refractivity contribution in [1.29, 1.82) is 0 Å². The third-order valence-electron chi connectivity index (χ3n) is 3.79. The summed E-state index contributed by atoms with van der Waals surface area (Å²) in [7, 11) is 1.54. The molecular formula is C18H14N4O5. The number of hydrogen-bond donors (Lipinski definition) is 2. The van der Waals surface area contributed by atoms with Crippen LogP contribution in [0.1, 0.15) is 15.9 Å². The lowest BCUT2D eigenvalue weighted by Gasteiger charge is -2.03. The number of nitrogens with zero attached hydrogens (tertiary/aromatic N) is 2. The molecule has 0 aliphatic carbocycles. The number of non-ortho nitro benzene ring substituents is 1. The van der Waals surface area contributed by atoms with Gasteiger partial charge < -0.3 is 9.72 Å². The quantitative estimate of drug-likeness (QED) is 0.407. The average Bonchev–Trinajstić information content (AvgIpc) is 2.67. The summed E-state index contributed by atoms with van der Waals surface area (Å²) in [5.74, 6) is 0.0676. The number of H-pyrrole nitrogens is 1. The summed E-state index contributed by atoms with van der Waals surface area (Å²) in [5.41, 5.74) is 2.87. The van der Waals surface area contributed by atoms with Crippen LogP contribution in [0.4, 0.5) is 5.69 Å². The van der Waals surface area contributed by atoms with E-state index in [1.165, 1.54) is 37.6 Å². The Hall–Kier alpha value is -4.01. The number of ether oxygens (including phenoxy) is 1. The second-order valence-electron chi connectivity index (χ2n) is 5.51. The topological polar surface area (TPSA) is 127 Å². The molecule has 27 heavy (non-hydrogen) atoms. The standard InChI is InChI=1S/C18H14N4O5/c1-27-15-7-4-12-8-13(17(23)20-16(12)9-15)10-19-21-18(24)11-2-5-14(6-3-11)22(25)26/h2-10H,1H3,(H,20,23)(H,21,24). The van der Waals surface area contributed by atoms with Crippen molar-refractivity contribution in [3.63, 3.8) is 0 Å². The Labute approximate surface area is 152 Å². The van der Waals surface area contributed by atoms with Gasteiger partial charge >= 0.3 is 0 Å². The highest BCUT2D eigenvalue weighted by atomic mass is 16.6. The molecule has 0 fully saturated rings. The summed E-state index contributed by atoms with van der Waals surface area (Å²) in [6, 6.07) is 12.0. The number of hydrazone groups is 1. The molecular weight excluding hydrogens is 352 g/mol. The lowest BCUT2D eigenvalue weighted by atomic mass is 10.1. The first kappa shape index (κ1) is 17.8. The van der Waals surface area contributed by atoms with Gasteiger partial charge in [-0.2, -0.15) is 5.10 Å². The minimum absolute atomic E-state index is 0.116. The van der Waals surface area contributed by atoms with Gasteiger partial charge in [0.25, 0.3) is 17.2 Å². The third-order valence-corrected chi connectivity index (χ3v) is 3.79. The number of fused-ring (bicyclic) bond motifs is 1. The van der Waals surface area contributed by atoms with Gasteiger partial charge in [0.1, 0.15) is 5.75 Å². The number of aromatic amines is 1. The van der Waals surface area contributed by atoms with Crippen molar-refractivity contribution in [1.82, 2.24) is 10.4 Å². The van der Waals surface area contributed by atoms with Crippen LogP contribution in [0.2, 0.25) is 0 Å². The number of methoxy groups -OCH3 is 1. The summed E-state index contributed by atoms with van der Waals surface area (Å²) in [4.78, 5) is 36.9. The van der Waals surface area contributed by atoms with E-state index >= 15 is 0 Å². The van der Waals surface area contributed by atoms with Gasteiger partial charge in [0.15, 0.2) is 0 Å². The van der Waals surface area contributed by atoms with Crippen molar-refractivity contribution >= 4 is 28.7 Å². The molecule has 3 rings (SSSR count). The van der Waals surface area contributed by atoms with Crippen molar-refractivity contribution in [3.05, 3.63) is 80.1 Å². The Balaban J connectivity index is 1.75. The van der Waals surface area contributed by atoms with Crippen LogP contribution in [-0.4, -0.2) is 29.1 Å². The lowest BCUT2D eigenvalue weighted by molar-refractivity contribution is -0.384. The van der Waals surface area contributed by atoms with Crippen molar-refractivity contribution in [3.8, 4) is 5.75 Å². The number of hydrogen-bond acceptors (Lipinski definition) is 6. The summed E-state index contributed by atoms with van der Waals surface area (Å²) in [6.45, 7) is 0. The molecule has 0 saturated heterocycles. The molecule has 1 aromatic heterocycles. The largest absolute Gasteiger partial charge is 0.497 e. The van der Waals surface area contributed by atoms with Gasteiger partial charge in [0.2, 0.25) is 0 Å². The van der Waals surface area contributed by atoms with E-state index in [4.69, 9.17) is 4.74 Å². The molecule has 0 radical (unpaired) electrons. The molecule has 3 aromatic rings. The molecule has 9 nitrogen and oxygen atoms in total. The first-order valence-electron chi connectivity index (χ1n) is 7.77. The molecule has 0 saturated carbocycles. The summed E-state index contributed by atoms with van der Waals surface area (Å²) >= 11 is 0. The van der Waals surface area contributed by atoms with E-state index < -0.39 is 10.8 Å². The second kappa shape index (κ2) is 7.48. The SMILES string of the molecule is COc1ccc2cc(C=NNC(=O)c3ccc([N+](=O)[O-])cc3)c(=O)[nH]c2c1. The molecule has 0 aliphatic rings. The van der Waals surface area contributed by atoms with Gasteiger partial charge in [-0.15, -0.1) is 0 Å². The number of nitro groups is 1. The Bertz CT molecular complexity index is 1100. The predicted molar refractivity (Wildman–Crippen MR) is 99.3 cm³/mol. The van der Waals surface area contributed by atoms with Gasteiger partial charge in [-0.25, -0.2) is 5.43 Å². The molecule has 0 bridgehead atoms. The van der Waals surface area contributed by atoms with E-state index in [-0.39, 0.29) is 22.4 Å². The molecule has 136 valence electrons. The normalized spacial score (nSPS) is 10.9. The van der Waals surface area contributed by atoms with Crippen LogP contribution in [0.25, 0.3) is 10.9 Å². The monoisotopic (exact) mass is 366 g/mol. The van der Waals surface area contributed by atoms with E-state index in [9.17, 15) is 19.7 Å². The minimum Gasteiger partial charge on any atom is -0.497 e. The van der Waals surface area contributed by atoms with Crippen LogP contribution in [0, 0.1) is 10.1 Å². The van der Waals surface area contributed by atoms with Crippen molar-refractivity contribution in [2.45, 2.75) is 0 Å². The van der Waals surface area contributed by atoms with Gasteiger partial charge in [-0.05, 0) is 35.7 Å². The highest BCUT2D eigenvalue weighted by Crippen LogP contribution is 2.18. The average molecular weight is 366 g/mol. The molecule has 1 amide bonds. The molecule has 9 heteroatoms. The Kier molecular flexibility index (Phi) is 4.93. The van der Waals surface area contributed by atoms with Crippen LogP contribution in [0.5, 0.6) is 5.75 Å². The Morgan fingerprint density at radius 1 is 1.22 bits per heavy atom. The van der Waals surface area contributed by atoms with E-state index in [0.29, 0.717) is 11.3 Å². The number of carbonyl (C=O) groups is 1. The fraction of sp³-hybridized carbons (Fsp3) is 0.0556. The number of nitro benzene ring substituents is 1. The smallest absolute Gasteiger partial charge is 0.271 e. The van der Waals surface area contributed by atoms with Crippen molar-refractivity contribution in [2.24, 2.45) is 5.10 Å². The fourth-order valence-corrected chi connectivity index (χ4v) is 2.38. The minimum atomic E-state index is -0.554. The highest BCUT2D eigenvalue weighted by molar-refractivity contribution is 5.95. The number of rotatable bonds is 5. The van der Waals surface area contributed by atoms with E-state index in [2.05, 4.69) is 15.5 Å². The lowest BCUT2D eigenvalue weighted by Crippen LogP contribution is -2.19. The zero-order chi connectivity index (χ0) is 19.4. The zero-order valence-electron chi connectivity index (χ0n) is 14.1. The molecule has 0 aliphatic heterocycles. The van der Waals surface area contributed by atoms with Gasteiger partial charge in [0.05, 0.1) is 29.3 Å². The van der Waals surface area contributed by atoms with E-state index in [0.717, 1.165) is 5.39 Å². The number of pyridine rings is 1. The predicted octanol–water partition coefficient (Wildman–Crippen LogP) is 2.21. The first-order chi connectivity index (χ1) is 13.0. The van der Waals surface area contributed by atoms with Gasteiger partial charge in [-0.3, -0.25) is 19.7 Å². The molecule has 0 unspecified atom stereocenters. The van der Waals surface area contributed by atoms with Crippen LogP contribution < -0.4 is 15.7 Å². The Morgan fingerprint density at radius 2 is 1.96 bits per heavy atom. The van der Waals surface area contributed by atoms with E-state index in [1.54, 1.807) is 24.3 Å². The summed E-state index contributed by atoms with van der Waals surface area (Å²) in [6.07, 6.45) is 1.23. The highest BCUT2D eigenvalue weighted by Gasteiger charge is 2.09. The van der Waals surface area contributed by atoms with Crippen LogP contribution in [0.3, 0.4) is 0 Å². The first-order valence-corrected chi connectivity index (χ1v) is 7.77. The number of benzene rings is 2. The third kappa shape index (κ3) is 3.98. The molecule has 0 spiro atoms. The maximum absolute atomic E-state index is 12.1. The van der Waals surface area contributed by atoms with Crippen molar-refractivity contribution < 1.29 is 14.5 Å². The second-order valence-corrected chi connectivity index (χ2v) is 5.51. The van der Waals surface area contributed by atoms with Crippen LogP contribution in [0.15, 0.2) is 58.4 Å². The maximum Gasteiger partial charge on any atom is 0.271 e. The van der Waals surface area contributed by atoms with Gasteiger partial charge in [-0.1, -0.05) is 0 Å². The Morgan fingerprint density at radius 3 is 2.63 bits per heavy atom. The van der Waals surface area contributed by atoms with Crippen molar-refractivity contribution in [2.75, 3.05) is 7.11 Å². The molecule has 2 N–H and O–H groups in total. The van der Waals surface area contributed by atoms with Gasteiger partial charge in [0, 0.05) is 23.8 Å². The fourth-order valence-electron chi connectivity index (χ4n) is 2.38. The number of aromatic nitrogens is 1. The zero-order valence-corrected chi connectivity index (χ0v) is 14.1. The molecule has 2 aromatic carbocycles. The maximum atomic E-state index is 12.1.